The molecule has 0 aliphatic carbocycles. The normalized spacial score (nSPS) is 11.4. The molecule has 5 rings (SSSR count). The number of hydrogen-bond donors (Lipinski definition) is 3. The monoisotopic (exact) mass is 571 g/mol. The maximum Gasteiger partial charge on any atom is 0.300 e. The fourth-order valence-corrected chi connectivity index (χ4v) is 5.47. The summed E-state index contributed by atoms with van der Waals surface area (Å²) in [6, 6.07) is 18.1. The highest BCUT2D eigenvalue weighted by Crippen LogP contribution is 2.34. The van der Waals surface area contributed by atoms with E-state index in [2.05, 4.69) is 44.1 Å². The molecule has 4 N–H and O–H groups in total. The van der Waals surface area contributed by atoms with Crippen molar-refractivity contribution in [1.82, 2.24) is 19.9 Å². The molecule has 2 aromatic heterocycles. The molecule has 1 amide bonds. The number of benzene rings is 3. The smallest absolute Gasteiger partial charge is 0.300 e. The van der Waals surface area contributed by atoms with Crippen molar-refractivity contribution in [3.8, 4) is 22.9 Å². The molecular weight excluding hydrogens is 534 g/mol. The van der Waals surface area contributed by atoms with E-state index in [4.69, 9.17) is 22.1 Å². The van der Waals surface area contributed by atoms with Crippen LogP contribution in [-0.2, 0) is 7.05 Å². The Kier molecular flexibility index (Phi) is 9.27. The maximum atomic E-state index is 12.9. The van der Waals surface area contributed by atoms with Crippen LogP contribution in [0.3, 0.4) is 0 Å². The van der Waals surface area contributed by atoms with E-state index < -0.39 is 0 Å². The van der Waals surface area contributed by atoms with Crippen molar-refractivity contribution in [2.75, 3.05) is 13.1 Å². The average Bonchev–Trinajstić information content (AvgIpc) is 3.54. The number of carbonyl (C=O) groups excluding carboxylic acids is 1. The zero-order valence-corrected chi connectivity index (χ0v) is 24.6. The second-order valence-electron chi connectivity index (χ2n) is 10.7. The van der Waals surface area contributed by atoms with Gasteiger partial charge in [0.15, 0.2) is 0 Å². The summed E-state index contributed by atoms with van der Waals surface area (Å²) in [4.78, 5) is 20.7. The van der Waals surface area contributed by atoms with E-state index in [1.807, 2.05) is 44.4 Å². The zero-order valence-electron chi connectivity index (χ0n) is 23.8. The van der Waals surface area contributed by atoms with Crippen LogP contribution in [0.25, 0.3) is 33.1 Å². The molecule has 3 aromatic carbocycles. The van der Waals surface area contributed by atoms with E-state index >= 15 is 0 Å². The molecule has 0 bridgehead atoms. The van der Waals surface area contributed by atoms with Gasteiger partial charge in [-0.15, -0.1) is 0 Å². The van der Waals surface area contributed by atoms with Gasteiger partial charge in [0.2, 0.25) is 0 Å². The summed E-state index contributed by atoms with van der Waals surface area (Å²) in [5.41, 5.74) is 11.7. The number of amides is 1. The Morgan fingerprint density at radius 1 is 1.00 bits per heavy atom. The number of unbranched alkanes of at least 4 members (excludes halogenated alkanes) is 6. The Hall–Kier alpha value is -3.81. The first-order chi connectivity index (χ1) is 19.9. The second-order valence-corrected chi connectivity index (χ2v) is 11.1. The number of halogens is 1. The van der Waals surface area contributed by atoms with Gasteiger partial charge in [0.25, 0.3) is 11.9 Å². The fourth-order valence-electron chi connectivity index (χ4n) is 5.20. The van der Waals surface area contributed by atoms with Gasteiger partial charge >= 0.3 is 0 Å². The molecule has 8 heteroatoms. The SMILES string of the molecule is Cc1ccc(Oc2nc3cc(-c4ccc5c(ccn5C)c4)c(Cl)cc3[nH]2)cc1C(=O)NCCCCCCCCCN. The summed E-state index contributed by atoms with van der Waals surface area (Å²) in [5, 5.41) is 4.84. The first kappa shape index (κ1) is 28.7. The lowest BCUT2D eigenvalue weighted by Gasteiger charge is -2.10. The average molecular weight is 572 g/mol. The number of nitrogens with one attached hydrogen (secondary N) is 2. The fraction of sp³-hybridized carbons (Fsp3) is 0.333. The Bertz CT molecular complexity index is 1650. The Morgan fingerprint density at radius 2 is 1.78 bits per heavy atom. The number of aryl methyl sites for hydroxylation is 2. The predicted molar refractivity (Wildman–Crippen MR) is 168 cm³/mol. The highest BCUT2D eigenvalue weighted by Gasteiger charge is 2.14. The van der Waals surface area contributed by atoms with Crippen molar-refractivity contribution in [2.45, 2.75) is 51.9 Å². The van der Waals surface area contributed by atoms with Gasteiger partial charge in [0.05, 0.1) is 16.1 Å². The minimum atomic E-state index is -0.0905. The second kappa shape index (κ2) is 13.2. The Morgan fingerprint density at radius 3 is 2.59 bits per heavy atom. The molecule has 5 aromatic rings. The third kappa shape index (κ3) is 6.92. The number of hydrogen-bond acceptors (Lipinski definition) is 4. The Balaban J connectivity index is 1.23. The van der Waals surface area contributed by atoms with Crippen LogP contribution in [0.4, 0.5) is 0 Å². The van der Waals surface area contributed by atoms with Crippen molar-refractivity contribution < 1.29 is 9.53 Å². The number of aromatic amines is 1. The number of carbonyl (C=O) groups is 1. The van der Waals surface area contributed by atoms with Crippen molar-refractivity contribution in [3.05, 3.63) is 76.9 Å². The molecule has 0 radical (unpaired) electrons. The van der Waals surface area contributed by atoms with E-state index in [1.54, 1.807) is 6.07 Å². The van der Waals surface area contributed by atoms with Crippen LogP contribution in [0.1, 0.15) is 60.9 Å². The molecule has 0 unspecified atom stereocenters. The zero-order chi connectivity index (χ0) is 28.8. The van der Waals surface area contributed by atoms with E-state index in [0.717, 1.165) is 64.4 Å². The highest BCUT2D eigenvalue weighted by molar-refractivity contribution is 6.34. The van der Waals surface area contributed by atoms with Crippen molar-refractivity contribution in [1.29, 1.82) is 0 Å². The molecule has 2 heterocycles. The molecule has 41 heavy (non-hydrogen) atoms. The summed E-state index contributed by atoms with van der Waals surface area (Å²) in [7, 11) is 2.03. The first-order valence-corrected chi connectivity index (χ1v) is 14.8. The van der Waals surface area contributed by atoms with E-state index in [-0.39, 0.29) is 5.91 Å². The van der Waals surface area contributed by atoms with Crippen LogP contribution in [0.2, 0.25) is 5.02 Å². The Labute approximate surface area is 246 Å². The molecule has 0 aliphatic heterocycles. The van der Waals surface area contributed by atoms with Crippen molar-refractivity contribution >= 4 is 39.4 Å². The van der Waals surface area contributed by atoms with Crippen molar-refractivity contribution in [3.63, 3.8) is 0 Å². The molecule has 0 saturated heterocycles. The highest BCUT2D eigenvalue weighted by atomic mass is 35.5. The quantitative estimate of drug-likeness (QED) is 0.125. The van der Waals surface area contributed by atoms with Gasteiger partial charge in [0.1, 0.15) is 5.75 Å². The van der Waals surface area contributed by atoms with Gasteiger partial charge in [-0.1, -0.05) is 55.8 Å². The lowest BCUT2D eigenvalue weighted by Crippen LogP contribution is -2.25. The number of imidazole rings is 1. The van der Waals surface area contributed by atoms with E-state index in [9.17, 15) is 4.79 Å². The van der Waals surface area contributed by atoms with Crippen molar-refractivity contribution in [2.24, 2.45) is 12.8 Å². The van der Waals surface area contributed by atoms with Crippen LogP contribution in [0.5, 0.6) is 11.8 Å². The van der Waals surface area contributed by atoms with Gasteiger partial charge in [-0.2, -0.15) is 4.98 Å². The number of ether oxygens (including phenoxy) is 1. The summed E-state index contributed by atoms with van der Waals surface area (Å²) >= 11 is 6.69. The number of aromatic nitrogens is 3. The lowest BCUT2D eigenvalue weighted by molar-refractivity contribution is 0.0952. The molecule has 0 spiro atoms. The maximum absolute atomic E-state index is 12.9. The number of H-pyrrole nitrogens is 1. The minimum absolute atomic E-state index is 0.0905. The summed E-state index contributed by atoms with van der Waals surface area (Å²) in [6.07, 6.45) is 10.1. The largest absolute Gasteiger partial charge is 0.426 e. The number of nitrogens with two attached hydrogens (primary N) is 1. The molecule has 0 saturated carbocycles. The van der Waals surface area contributed by atoms with Crippen LogP contribution in [0.15, 0.2) is 60.8 Å². The number of fused-ring (bicyclic) bond motifs is 2. The van der Waals surface area contributed by atoms with Crippen LogP contribution in [0, 0.1) is 6.92 Å². The standard InChI is InChI=1S/C33H38ClN5O2/c1-22-10-12-25(19-26(22)32(40)36-16-9-7-5-3-4-6-8-15-35)41-33-37-29-20-27(28(34)21-30(29)38-33)23-11-13-31-24(18-23)14-17-39(31)2/h10-14,17-21H,3-9,15-16,35H2,1-2H3,(H,36,40)(H,37,38). The molecule has 0 atom stereocenters. The van der Waals surface area contributed by atoms with Crippen LogP contribution < -0.4 is 15.8 Å². The molecular formula is C33H38ClN5O2. The molecule has 0 aliphatic rings. The van der Waals surface area contributed by atoms with Gasteiger partial charge in [-0.25, -0.2) is 0 Å². The summed E-state index contributed by atoms with van der Waals surface area (Å²) in [5.74, 6) is 0.449. The third-order valence-electron chi connectivity index (χ3n) is 7.58. The number of nitrogens with zero attached hydrogens (tertiary/aromatic N) is 2. The predicted octanol–water partition coefficient (Wildman–Crippen LogP) is 7.89. The van der Waals surface area contributed by atoms with Gasteiger partial charge in [-0.05, 0) is 79.9 Å². The molecule has 0 fully saturated rings. The van der Waals surface area contributed by atoms with Crippen LogP contribution >= 0.6 is 11.6 Å². The first-order valence-electron chi connectivity index (χ1n) is 14.4. The molecule has 214 valence electrons. The summed E-state index contributed by atoms with van der Waals surface area (Å²) in [6.45, 7) is 3.37. The van der Waals surface area contributed by atoms with Crippen LogP contribution in [-0.4, -0.2) is 33.5 Å². The minimum Gasteiger partial charge on any atom is -0.426 e. The molecule has 7 nitrogen and oxygen atoms in total. The summed E-state index contributed by atoms with van der Waals surface area (Å²) < 4.78 is 8.15. The lowest BCUT2D eigenvalue weighted by atomic mass is 10.0. The van der Waals surface area contributed by atoms with Gasteiger partial charge < -0.3 is 25.3 Å². The number of rotatable bonds is 13. The van der Waals surface area contributed by atoms with Gasteiger partial charge in [0, 0.05) is 41.8 Å². The third-order valence-corrected chi connectivity index (χ3v) is 7.89. The topological polar surface area (TPSA) is 98.0 Å². The van der Waals surface area contributed by atoms with E-state index in [0.29, 0.717) is 28.9 Å². The van der Waals surface area contributed by atoms with E-state index in [1.165, 1.54) is 25.7 Å². The van der Waals surface area contributed by atoms with Gasteiger partial charge in [-0.3, -0.25) is 4.79 Å².